The molecule has 12 heavy (non-hydrogen) atoms. The molecule has 0 aromatic heterocycles. The van der Waals surface area contributed by atoms with Crippen LogP contribution in [0.5, 0.6) is 0 Å². The van der Waals surface area contributed by atoms with E-state index >= 15 is 0 Å². The molecule has 0 aromatic rings. The zero-order valence-corrected chi connectivity index (χ0v) is 8.52. The van der Waals surface area contributed by atoms with Crippen molar-refractivity contribution in [3.05, 3.63) is 0 Å². The van der Waals surface area contributed by atoms with Crippen LogP contribution in [0.15, 0.2) is 0 Å². The van der Waals surface area contributed by atoms with Gasteiger partial charge < -0.3 is 0 Å². The molecular weight excluding hydrogens is 148 g/mol. The monoisotopic (exact) mass is 168 g/mol. The summed E-state index contributed by atoms with van der Waals surface area (Å²) in [5, 5.41) is 0. The lowest BCUT2D eigenvalue weighted by atomic mass is 9.88. The van der Waals surface area contributed by atoms with Gasteiger partial charge in [-0.1, -0.05) is 33.6 Å². The van der Waals surface area contributed by atoms with Crippen LogP contribution in [-0.4, -0.2) is 5.78 Å². The van der Waals surface area contributed by atoms with Gasteiger partial charge >= 0.3 is 0 Å². The van der Waals surface area contributed by atoms with Crippen molar-refractivity contribution in [1.29, 1.82) is 0 Å². The molecule has 0 radical (unpaired) electrons. The van der Waals surface area contributed by atoms with Gasteiger partial charge in [-0.3, -0.25) is 4.79 Å². The smallest absolute Gasteiger partial charge is 0.141 e. The molecule has 1 aliphatic carbocycles. The molecular formula is C11H20O. The third-order valence-electron chi connectivity index (χ3n) is 2.91. The van der Waals surface area contributed by atoms with E-state index in [0.29, 0.717) is 5.78 Å². The van der Waals surface area contributed by atoms with Crippen LogP contribution in [0, 0.1) is 11.3 Å². The van der Waals surface area contributed by atoms with Crippen molar-refractivity contribution in [3.8, 4) is 0 Å². The number of ketones is 1. The lowest BCUT2D eigenvalue weighted by Gasteiger charge is -2.15. The predicted octanol–water partition coefficient (Wildman–Crippen LogP) is 3.18. The molecule has 1 fully saturated rings. The number of Topliss-reactive ketones (excluding diaryl/α,β-unsaturated/α-hetero) is 1. The van der Waals surface area contributed by atoms with E-state index in [0.717, 1.165) is 19.3 Å². The van der Waals surface area contributed by atoms with Crippen molar-refractivity contribution in [1.82, 2.24) is 0 Å². The maximum Gasteiger partial charge on any atom is 0.141 e. The zero-order valence-electron chi connectivity index (χ0n) is 8.52. The average molecular weight is 168 g/mol. The second-order valence-electron chi connectivity index (χ2n) is 4.40. The van der Waals surface area contributed by atoms with Crippen molar-refractivity contribution in [2.75, 3.05) is 0 Å². The molecule has 0 spiro atoms. The molecule has 1 saturated carbocycles. The van der Waals surface area contributed by atoms with E-state index < -0.39 is 0 Å². The maximum atomic E-state index is 11.7. The van der Waals surface area contributed by atoms with Gasteiger partial charge in [-0.05, 0) is 19.3 Å². The van der Waals surface area contributed by atoms with Crippen molar-refractivity contribution >= 4 is 5.78 Å². The lowest BCUT2D eigenvalue weighted by Crippen LogP contribution is -2.21. The van der Waals surface area contributed by atoms with E-state index in [2.05, 4.69) is 6.92 Å². The van der Waals surface area contributed by atoms with Crippen LogP contribution in [0.3, 0.4) is 0 Å². The van der Waals surface area contributed by atoms with Gasteiger partial charge in [-0.2, -0.15) is 0 Å². The normalized spacial score (nSPS) is 19.7. The van der Waals surface area contributed by atoms with Gasteiger partial charge in [0.15, 0.2) is 0 Å². The summed E-state index contributed by atoms with van der Waals surface area (Å²) >= 11 is 0. The fourth-order valence-corrected chi connectivity index (χ4v) is 1.90. The van der Waals surface area contributed by atoms with E-state index in [1.54, 1.807) is 0 Å². The van der Waals surface area contributed by atoms with Gasteiger partial charge in [0.1, 0.15) is 5.78 Å². The van der Waals surface area contributed by atoms with E-state index in [9.17, 15) is 4.79 Å². The number of hydrogen-bond acceptors (Lipinski definition) is 1. The van der Waals surface area contributed by atoms with Crippen molar-refractivity contribution in [2.24, 2.45) is 11.3 Å². The van der Waals surface area contributed by atoms with E-state index in [-0.39, 0.29) is 11.3 Å². The van der Waals surface area contributed by atoms with Crippen LogP contribution < -0.4 is 0 Å². The highest BCUT2D eigenvalue weighted by Gasteiger charge is 2.48. The molecule has 1 aliphatic rings. The number of hydrogen-bond donors (Lipinski definition) is 0. The minimum absolute atomic E-state index is 0.143. The van der Waals surface area contributed by atoms with Crippen molar-refractivity contribution in [2.45, 2.75) is 52.9 Å². The second-order valence-corrected chi connectivity index (χ2v) is 4.40. The molecule has 70 valence electrons. The molecule has 0 bridgehead atoms. The van der Waals surface area contributed by atoms with Crippen LogP contribution in [0.25, 0.3) is 0 Å². The van der Waals surface area contributed by atoms with Crippen LogP contribution in [0.1, 0.15) is 52.9 Å². The minimum atomic E-state index is 0.143. The van der Waals surface area contributed by atoms with Gasteiger partial charge in [0.05, 0.1) is 0 Å². The third kappa shape index (κ3) is 1.88. The Morgan fingerprint density at radius 3 is 2.33 bits per heavy atom. The van der Waals surface area contributed by atoms with E-state index in [1.807, 2.05) is 13.8 Å². The largest absolute Gasteiger partial charge is 0.299 e. The Bertz CT molecular complexity index is 166. The molecule has 0 aromatic carbocycles. The summed E-state index contributed by atoms with van der Waals surface area (Å²) in [4.78, 5) is 11.7. The summed E-state index contributed by atoms with van der Waals surface area (Å²) in [6, 6.07) is 0. The molecule has 0 aliphatic heterocycles. The minimum Gasteiger partial charge on any atom is -0.299 e. The maximum absolute atomic E-state index is 11.7. The Morgan fingerprint density at radius 1 is 1.42 bits per heavy atom. The lowest BCUT2D eigenvalue weighted by molar-refractivity contribution is -0.127. The topological polar surface area (TPSA) is 17.1 Å². The standard InChI is InChI=1S/C11H20O/c1-4-5-6-11(7-8-11)10(12)9(2)3/h9H,4-8H2,1-3H3. The Kier molecular flexibility index (Phi) is 2.92. The molecule has 1 rings (SSSR count). The number of carbonyl (C=O) groups is 1. The SMILES string of the molecule is CCCCC1(C(=O)C(C)C)CC1. The summed E-state index contributed by atoms with van der Waals surface area (Å²) < 4.78 is 0. The summed E-state index contributed by atoms with van der Waals surface area (Å²) in [7, 11) is 0. The molecule has 0 N–H and O–H groups in total. The summed E-state index contributed by atoms with van der Waals surface area (Å²) in [5.41, 5.74) is 0.143. The fourth-order valence-electron chi connectivity index (χ4n) is 1.90. The van der Waals surface area contributed by atoms with Gasteiger partial charge in [0, 0.05) is 11.3 Å². The van der Waals surface area contributed by atoms with Crippen molar-refractivity contribution < 1.29 is 4.79 Å². The van der Waals surface area contributed by atoms with Gasteiger partial charge in [-0.25, -0.2) is 0 Å². The summed E-state index contributed by atoms with van der Waals surface area (Å²) in [5.74, 6) is 0.750. The molecule has 1 nitrogen and oxygen atoms in total. The summed E-state index contributed by atoms with van der Waals surface area (Å²) in [6.45, 7) is 6.23. The highest BCUT2D eigenvalue weighted by molar-refractivity contribution is 5.88. The van der Waals surface area contributed by atoms with Crippen LogP contribution in [-0.2, 0) is 4.79 Å². The Labute approximate surface area is 75.5 Å². The Balaban J connectivity index is 2.43. The molecule has 0 unspecified atom stereocenters. The highest BCUT2D eigenvalue weighted by atomic mass is 16.1. The number of rotatable bonds is 5. The first-order chi connectivity index (χ1) is 5.62. The molecule has 0 heterocycles. The van der Waals surface area contributed by atoms with Gasteiger partial charge in [0.25, 0.3) is 0 Å². The predicted molar refractivity (Wildman–Crippen MR) is 51.0 cm³/mol. The quantitative estimate of drug-likeness (QED) is 0.616. The van der Waals surface area contributed by atoms with Crippen LogP contribution in [0.2, 0.25) is 0 Å². The second kappa shape index (κ2) is 3.59. The number of carbonyl (C=O) groups excluding carboxylic acids is 1. The first-order valence-corrected chi connectivity index (χ1v) is 5.17. The molecule has 0 amide bonds. The third-order valence-corrected chi connectivity index (χ3v) is 2.91. The summed E-state index contributed by atoms with van der Waals surface area (Å²) in [6.07, 6.45) is 5.89. The van der Waals surface area contributed by atoms with Crippen LogP contribution in [0.4, 0.5) is 0 Å². The molecule has 0 atom stereocenters. The van der Waals surface area contributed by atoms with Crippen LogP contribution >= 0.6 is 0 Å². The molecule has 0 saturated heterocycles. The Morgan fingerprint density at radius 2 is 2.00 bits per heavy atom. The molecule has 1 heteroatoms. The van der Waals surface area contributed by atoms with Gasteiger partial charge in [0.2, 0.25) is 0 Å². The first kappa shape index (κ1) is 9.76. The first-order valence-electron chi connectivity index (χ1n) is 5.17. The number of unbranched alkanes of at least 4 members (excludes halogenated alkanes) is 1. The average Bonchev–Trinajstić information content (AvgIpc) is 2.80. The highest BCUT2D eigenvalue weighted by Crippen LogP contribution is 2.51. The van der Waals surface area contributed by atoms with E-state index in [1.165, 1.54) is 12.8 Å². The Hall–Kier alpha value is -0.330. The van der Waals surface area contributed by atoms with Crippen molar-refractivity contribution in [3.63, 3.8) is 0 Å². The van der Waals surface area contributed by atoms with Gasteiger partial charge in [-0.15, -0.1) is 0 Å². The van der Waals surface area contributed by atoms with E-state index in [4.69, 9.17) is 0 Å². The zero-order chi connectivity index (χ0) is 9.19. The fraction of sp³-hybridized carbons (Fsp3) is 0.909.